The maximum absolute atomic E-state index is 5.70. The summed E-state index contributed by atoms with van der Waals surface area (Å²) in [6.07, 6.45) is 2.94. The Morgan fingerprint density at radius 1 is 1.20 bits per heavy atom. The molecule has 0 aliphatic carbocycles. The Labute approximate surface area is 121 Å². The molecule has 3 heteroatoms. The van der Waals surface area contributed by atoms with Gasteiger partial charge in [0.05, 0.1) is 12.6 Å². The van der Waals surface area contributed by atoms with Gasteiger partial charge in [-0.25, -0.2) is 0 Å². The summed E-state index contributed by atoms with van der Waals surface area (Å²) in [4.78, 5) is 4.37. The summed E-state index contributed by atoms with van der Waals surface area (Å²) in [5.74, 6) is 0.921. The van der Waals surface area contributed by atoms with Crippen molar-refractivity contribution in [3.8, 4) is 5.75 Å². The van der Waals surface area contributed by atoms with Crippen LogP contribution in [0.2, 0.25) is 0 Å². The maximum Gasteiger partial charge on any atom is 0.119 e. The van der Waals surface area contributed by atoms with E-state index in [-0.39, 0.29) is 6.04 Å². The van der Waals surface area contributed by atoms with E-state index in [1.807, 2.05) is 38.4 Å². The van der Waals surface area contributed by atoms with Gasteiger partial charge in [-0.05, 0) is 49.7 Å². The molecule has 0 saturated heterocycles. The standard InChI is InChI=1S/C17H22N2O/c1-4-10-20-16-7-5-6-14(11-16)17(18-3)15-9-8-13(2)19-12-15/h5-9,11-12,17-18H,4,10H2,1-3H3. The summed E-state index contributed by atoms with van der Waals surface area (Å²) in [7, 11) is 1.96. The first-order valence-electron chi connectivity index (χ1n) is 7.07. The van der Waals surface area contributed by atoms with Gasteiger partial charge >= 0.3 is 0 Å². The van der Waals surface area contributed by atoms with E-state index in [1.54, 1.807) is 0 Å². The van der Waals surface area contributed by atoms with Gasteiger partial charge in [0.25, 0.3) is 0 Å². The molecule has 1 N–H and O–H groups in total. The molecule has 0 bridgehead atoms. The van der Waals surface area contributed by atoms with Crippen LogP contribution in [-0.2, 0) is 0 Å². The van der Waals surface area contributed by atoms with Crippen LogP contribution in [0.25, 0.3) is 0 Å². The number of rotatable bonds is 6. The summed E-state index contributed by atoms with van der Waals surface area (Å²) >= 11 is 0. The fraction of sp³-hybridized carbons (Fsp3) is 0.353. The molecule has 0 aliphatic heterocycles. The third-order valence-corrected chi connectivity index (χ3v) is 3.22. The molecule has 106 valence electrons. The molecule has 0 spiro atoms. The van der Waals surface area contributed by atoms with E-state index in [0.29, 0.717) is 0 Å². The first-order valence-corrected chi connectivity index (χ1v) is 7.07. The number of nitrogens with one attached hydrogen (secondary N) is 1. The van der Waals surface area contributed by atoms with Crippen LogP contribution in [0.4, 0.5) is 0 Å². The molecule has 2 aromatic rings. The van der Waals surface area contributed by atoms with Gasteiger partial charge < -0.3 is 10.1 Å². The number of hydrogen-bond acceptors (Lipinski definition) is 3. The highest BCUT2D eigenvalue weighted by Gasteiger charge is 2.12. The minimum absolute atomic E-state index is 0.133. The lowest BCUT2D eigenvalue weighted by Gasteiger charge is -2.18. The lowest BCUT2D eigenvalue weighted by molar-refractivity contribution is 0.317. The average Bonchev–Trinajstić information content (AvgIpc) is 2.48. The summed E-state index contributed by atoms with van der Waals surface area (Å²) in [6.45, 7) is 4.86. The molecular weight excluding hydrogens is 248 g/mol. The Hall–Kier alpha value is -1.87. The van der Waals surface area contributed by atoms with E-state index in [9.17, 15) is 0 Å². The lowest BCUT2D eigenvalue weighted by atomic mass is 10.00. The molecule has 0 fully saturated rings. The van der Waals surface area contributed by atoms with Crippen LogP contribution in [0, 0.1) is 6.92 Å². The van der Waals surface area contributed by atoms with E-state index in [0.717, 1.165) is 30.0 Å². The second-order valence-corrected chi connectivity index (χ2v) is 4.88. The fourth-order valence-electron chi connectivity index (χ4n) is 2.18. The summed E-state index contributed by atoms with van der Waals surface area (Å²) < 4.78 is 5.70. The van der Waals surface area contributed by atoms with Crippen molar-refractivity contribution in [1.82, 2.24) is 10.3 Å². The Kier molecular flexibility index (Phi) is 5.13. The number of benzene rings is 1. The third kappa shape index (κ3) is 3.58. The van der Waals surface area contributed by atoms with Crippen molar-refractivity contribution in [3.63, 3.8) is 0 Å². The molecule has 3 nitrogen and oxygen atoms in total. The number of aryl methyl sites for hydroxylation is 1. The maximum atomic E-state index is 5.70. The Balaban J connectivity index is 2.24. The van der Waals surface area contributed by atoms with Crippen molar-refractivity contribution in [3.05, 3.63) is 59.4 Å². The molecule has 1 aromatic carbocycles. The first kappa shape index (κ1) is 14.5. The van der Waals surface area contributed by atoms with E-state index in [4.69, 9.17) is 4.74 Å². The molecule has 0 amide bonds. The molecule has 0 aliphatic rings. The first-order chi connectivity index (χ1) is 9.74. The van der Waals surface area contributed by atoms with Crippen LogP contribution in [-0.4, -0.2) is 18.6 Å². The van der Waals surface area contributed by atoms with Crippen LogP contribution in [0.1, 0.15) is 36.2 Å². The van der Waals surface area contributed by atoms with E-state index in [1.165, 1.54) is 5.56 Å². The molecule has 1 aromatic heterocycles. The summed E-state index contributed by atoms with van der Waals surface area (Å²) in [5.41, 5.74) is 3.38. The van der Waals surface area contributed by atoms with Crippen LogP contribution in [0.15, 0.2) is 42.6 Å². The quantitative estimate of drug-likeness (QED) is 0.872. The SMILES string of the molecule is CCCOc1cccc(C(NC)c2ccc(C)nc2)c1. The zero-order chi connectivity index (χ0) is 14.4. The van der Waals surface area contributed by atoms with Crippen LogP contribution >= 0.6 is 0 Å². The molecule has 1 atom stereocenters. The van der Waals surface area contributed by atoms with Crippen molar-refractivity contribution in [1.29, 1.82) is 0 Å². The van der Waals surface area contributed by atoms with E-state index >= 15 is 0 Å². The highest BCUT2D eigenvalue weighted by Crippen LogP contribution is 2.24. The van der Waals surface area contributed by atoms with Gasteiger partial charge in [0, 0.05) is 11.9 Å². The number of ether oxygens (including phenoxy) is 1. The number of aromatic nitrogens is 1. The normalized spacial score (nSPS) is 12.2. The monoisotopic (exact) mass is 270 g/mol. The number of nitrogens with zero attached hydrogens (tertiary/aromatic N) is 1. The minimum Gasteiger partial charge on any atom is -0.494 e. The van der Waals surface area contributed by atoms with E-state index < -0.39 is 0 Å². The molecule has 1 heterocycles. The fourth-order valence-corrected chi connectivity index (χ4v) is 2.18. The van der Waals surface area contributed by atoms with Gasteiger partial charge in [-0.3, -0.25) is 4.98 Å². The molecule has 2 rings (SSSR count). The van der Waals surface area contributed by atoms with Gasteiger partial charge in [0.2, 0.25) is 0 Å². The van der Waals surface area contributed by atoms with Gasteiger partial charge in [-0.2, -0.15) is 0 Å². The van der Waals surface area contributed by atoms with Gasteiger partial charge in [0.15, 0.2) is 0 Å². The van der Waals surface area contributed by atoms with Crippen molar-refractivity contribution in [2.24, 2.45) is 0 Å². The Bertz CT molecular complexity index is 537. The summed E-state index contributed by atoms with van der Waals surface area (Å²) in [6, 6.07) is 12.5. The molecule has 0 saturated carbocycles. The second-order valence-electron chi connectivity index (χ2n) is 4.88. The highest BCUT2D eigenvalue weighted by atomic mass is 16.5. The smallest absolute Gasteiger partial charge is 0.119 e. The van der Waals surface area contributed by atoms with Crippen molar-refractivity contribution >= 4 is 0 Å². The zero-order valence-corrected chi connectivity index (χ0v) is 12.4. The number of pyridine rings is 1. The molecule has 1 unspecified atom stereocenters. The molecular formula is C17H22N2O. The largest absolute Gasteiger partial charge is 0.494 e. The zero-order valence-electron chi connectivity index (χ0n) is 12.4. The molecule has 0 radical (unpaired) electrons. The van der Waals surface area contributed by atoms with Crippen molar-refractivity contribution < 1.29 is 4.74 Å². The molecule has 20 heavy (non-hydrogen) atoms. The predicted octanol–water partition coefficient (Wildman–Crippen LogP) is 3.49. The Morgan fingerprint density at radius 2 is 2.05 bits per heavy atom. The van der Waals surface area contributed by atoms with Crippen molar-refractivity contribution in [2.45, 2.75) is 26.3 Å². The van der Waals surface area contributed by atoms with Crippen molar-refractivity contribution in [2.75, 3.05) is 13.7 Å². The highest BCUT2D eigenvalue weighted by molar-refractivity contribution is 5.36. The second kappa shape index (κ2) is 7.06. The Morgan fingerprint density at radius 3 is 2.70 bits per heavy atom. The minimum atomic E-state index is 0.133. The van der Waals surface area contributed by atoms with Crippen LogP contribution in [0.3, 0.4) is 0 Å². The van der Waals surface area contributed by atoms with Crippen LogP contribution < -0.4 is 10.1 Å². The lowest BCUT2D eigenvalue weighted by Crippen LogP contribution is -2.18. The van der Waals surface area contributed by atoms with Gasteiger partial charge in [-0.15, -0.1) is 0 Å². The van der Waals surface area contributed by atoms with Crippen LogP contribution in [0.5, 0.6) is 5.75 Å². The van der Waals surface area contributed by atoms with E-state index in [2.05, 4.69) is 35.4 Å². The number of hydrogen-bond donors (Lipinski definition) is 1. The van der Waals surface area contributed by atoms with Gasteiger partial charge in [-0.1, -0.05) is 25.1 Å². The topological polar surface area (TPSA) is 34.1 Å². The summed E-state index contributed by atoms with van der Waals surface area (Å²) in [5, 5.41) is 3.34. The predicted molar refractivity (Wildman–Crippen MR) is 82.1 cm³/mol. The third-order valence-electron chi connectivity index (χ3n) is 3.22. The average molecular weight is 270 g/mol. The van der Waals surface area contributed by atoms with Gasteiger partial charge in [0.1, 0.15) is 5.75 Å².